The second kappa shape index (κ2) is 10.2. The maximum atomic E-state index is 9.51. The van der Waals surface area contributed by atoms with Crippen molar-refractivity contribution in [2.24, 2.45) is 11.7 Å². The number of hydrogen-bond acceptors (Lipinski definition) is 3. The smallest absolute Gasteiger partial charge is 0.115 e. The fourth-order valence-corrected chi connectivity index (χ4v) is 4.30. The first kappa shape index (κ1) is 18.7. The van der Waals surface area contributed by atoms with Crippen LogP contribution >= 0.6 is 12.6 Å². The van der Waals surface area contributed by atoms with Crippen molar-refractivity contribution in [1.82, 2.24) is 0 Å². The third kappa shape index (κ3) is 6.76. The first-order valence-corrected chi connectivity index (χ1v) is 9.87. The van der Waals surface area contributed by atoms with Crippen molar-refractivity contribution in [3.8, 4) is 5.75 Å². The molecule has 0 heterocycles. The highest BCUT2D eigenvalue weighted by atomic mass is 32.1. The molecule has 0 amide bonds. The molecule has 3 N–H and O–H groups in total. The summed E-state index contributed by atoms with van der Waals surface area (Å²) in [5.41, 5.74) is 7.18. The van der Waals surface area contributed by atoms with Gasteiger partial charge in [0.1, 0.15) is 5.75 Å². The first-order valence-electron chi connectivity index (χ1n) is 9.36. The minimum absolute atomic E-state index is 0.361. The molecule has 23 heavy (non-hydrogen) atoms. The fraction of sp³-hybridized carbons (Fsp3) is 0.700. The summed E-state index contributed by atoms with van der Waals surface area (Å²) in [5.74, 6) is 1.77. The molecule has 0 radical (unpaired) electrons. The fourth-order valence-electron chi connectivity index (χ4n) is 3.93. The van der Waals surface area contributed by atoms with Crippen LogP contribution in [0.25, 0.3) is 0 Å². The van der Waals surface area contributed by atoms with E-state index in [1.807, 2.05) is 12.1 Å². The van der Waals surface area contributed by atoms with E-state index in [0.717, 1.165) is 12.5 Å². The lowest BCUT2D eigenvalue weighted by molar-refractivity contribution is 0.370. The lowest BCUT2D eigenvalue weighted by Gasteiger charge is -2.23. The van der Waals surface area contributed by atoms with E-state index in [4.69, 9.17) is 18.4 Å². The van der Waals surface area contributed by atoms with Crippen LogP contribution in [0.1, 0.15) is 75.7 Å². The third-order valence-corrected chi connectivity index (χ3v) is 5.86. The van der Waals surface area contributed by atoms with E-state index in [0.29, 0.717) is 16.9 Å². The maximum absolute atomic E-state index is 9.51. The van der Waals surface area contributed by atoms with Crippen molar-refractivity contribution in [2.75, 3.05) is 6.54 Å². The van der Waals surface area contributed by atoms with Crippen molar-refractivity contribution in [2.45, 2.75) is 75.4 Å². The van der Waals surface area contributed by atoms with Gasteiger partial charge in [-0.3, -0.25) is 0 Å². The molecule has 2 rings (SSSR count). The monoisotopic (exact) mass is 335 g/mol. The molecule has 0 aromatic heterocycles. The summed E-state index contributed by atoms with van der Waals surface area (Å²) in [6.45, 7) is 0.816. The summed E-state index contributed by atoms with van der Waals surface area (Å²) in [7, 11) is 0. The van der Waals surface area contributed by atoms with Gasteiger partial charge in [0.2, 0.25) is 0 Å². The summed E-state index contributed by atoms with van der Waals surface area (Å²) in [6, 6.07) is 7.84. The summed E-state index contributed by atoms with van der Waals surface area (Å²) in [6.07, 6.45) is 12.6. The molecule has 0 aliphatic heterocycles. The predicted octanol–water partition coefficient (Wildman–Crippen LogP) is 5.26. The zero-order valence-corrected chi connectivity index (χ0v) is 15.2. The van der Waals surface area contributed by atoms with Crippen LogP contribution in [0.4, 0.5) is 0 Å². The molecule has 2 unspecified atom stereocenters. The Hall–Kier alpha value is -0.670. The number of hydrogen-bond donors (Lipinski definition) is 3. The normalized spacial score (nSPS) is 27.8. The van der Waals surface area contributed by atoms with Crippen LogP contribution in [-0.4, -0.2) is 16.9 Å². The number of phenolic OH excluding ortho intramolecular Hbond substituents is 1. The van der Waals surface area contributed by atoms with Crippen LogP contribution in [-0.2, 0) is 0 Å². The number of phenols is 1. The first-order chi connectivity index (χ1) is 11.2. The second-order valence-corrected chi connectivity index (χ2v) is 7.91. The quantitative estimate of drug-likeness (QED) is 0.659. The van der Waals surface area contributed by atoms with Crippen molar-refractivity contribution in [3.05, 3.63) is 29.8 Å². The molecule has 0 saturated heterocycles. The van der Waals surface area contributed by atoms with Crippen LogP contribution in [0.3, 0.4) is 0 Å². The van der Waals surface area contributed by atoms with Crippen molar-refractivity contribution in [3.63, 3.8) is 0 Å². The number of benzene rings is 1. The van der Waals surface area contributed by atoms with Gasteiger partial charge in [-0.2, -0.15) is 12.6 Å². The molecule has 1 aromatic rings. The average Bonchev–Trinajstić information content (AvgIpc) is 2.53. The largest absolute Gasteiger partial charge is 0.508 e. The Labute approximate surface area is 147 Å². The van der Waals surface area contributed by atoms with Gasteiger partial charge in [-0.05, 0) is 68.2 Å². The molecule has 3 atom stereocenters. The lowest BCUT2D eigenvalue weighted by atomic mass is 9.84. The zero-order chi connectivity index (χ0) is 16.5. The molecular weight excluding hydrogens is 302 g/mol. The molecule has 2 nitrogen and oxygen atoms in total. The summed E-state index contributed by atoms with van der Waals surface area (Å²) < 4.78 is 0. The Morgan fingerprint density at radius 2 is 1.48 bits per heavy atom. The van der Waals surface area contributed by atoms with E-state index in [1.165, 1.54) is 69.8 Å². The number of rotatable bonds is 3. The van der Waals surface area contributed by atoms with E-state index < -0.39 is 0 Å². The van der Waals surface area contributed by atoms with E-state index in [9.17, 15) is 5.11 Å². The van der Waals surface area contributed by atoms with Gasteiger partial charge in [0.15, 0.2) is 0 Å². The summed E-state index contributed by atoms with van der Waals surface area (Å²) >= 11 is 4.78. The molecule has 1 aromatic carbocycles. The molecule has 1 aliphatic rings. The Balaban J connectivity index is 1.99. The molecule has 130 valence electrons. The van der Waals surface area contributed by atoms with Crippen LogP contribution < -0.4 is 5.73 Å². The van der Waals surface area contributed by atoms with Gasteiger partial charge in [0.25, 0.3) is 0 Å². The van der Waals surface area contributed by atoms with Gasteiger partial charge in [-0.15, -0.1) is 0 Å². The third-order valence-electron chi connectivity index (χ3n) is 5.34. The van der Waals surface area contributed by atoms with Gasteiger partial charge >= 0.3 is 0 Å². The molecule has 3 heteroatoms. The number of nitrogens with two attached hydrogens (primary N) is 1. The molecule has 0 spiro atoms. The topological polar surface area (TPSA) is 46.2 Å². The van der Waals surface area contributed by atoms with Crippen LogP contribution in [0, 0.1) is 5.92 Å². The van der Waals surface area contributed by atoms with Crippen LogP contribution in [0.2, 0.25) is 0 Å². The van der Waals surface area contributed by atoms with Gasteiger partial charge in [0.05, 0.1) is 0 Å². The van der Waals surface area contributed by atoms with Gasteiger partial charge in [-0.1, -0.05) is 44.2 Å². The highest BCUT2D eigenvalue weighted by Gasteiger charge is 2.16. The minimum Gasteiger partial charge on any atom is -0.508 e. The van der Waals surface area contributed by atoms with Crippen LogP contribution in [0.15, 0.2) is 24.3 Å². The van der Waals surface area contributed by atoms with Crippen molar-refractivity contribution >= 4 is 12.6 Å². The Bertz CT molecular complexity index is 434. The lowest BCUT2D eigenvalue weighted by Crippen LogP contribution is -2.12. The summed E-state index contributed by atoms with van der Waals surface area (Å²) in [4.78, 5) is 0. The van der Waals surface area contributed by atoms with Gasteiger partial charge in [-0.25, -0.2) is 0 Å². The number of aromatic hydroxyl groups is 1. The van der Waals surface area contributed by atoms with E-state index in [1.54, 1.807) is 0 Å². The van der Waals surface area contributed by atoms with Crippen molar-refractivity contribution < 1.29 is 5.11 Å². The second-order valence-electron chi connectivity index (χ2n) is 7.18. The Morgan fingerprint density at radius 1 is 0.913 bits per heavy atom. The highest BCUT2D eigenvalue weighted by molar-refractivity contribution is 7.80. The highest BCUT2D eigenvalue weighted by Crippen LogP contribution is 2.32. The van der Waals surface area contributed by atoms with Crippen molar-refractivity contribution in [1.29, 1.82) is 0 Å². The van der Waals surface area contributed by atoms with E-state index in [-0.39, 0.29) is 0 Å². The van der Waals surface area contributed by atoms with E-state index in [2.05, 4.69) is 12.1 Å². The predicted molar refractivity (Wildman–Crippen MR) is 102 cm³/mol. The summed E-state index contributed by atoms with van der Waals surface area (Å²) in [5, 5.41) is 10.1. The zero-order valence-electron chi connectivity index (χ0n) is 14.3. The van der Waals surface area contributed by atoms with Gasteiger partial charge < -0.3 is 10.8 Å². The minimum atomic E-state index is 0.361. The SMILES string of the molecule is NCCC1CCCC(c2ccc(O)cc2)CCC[C@H](S)CCC1. The number of thiol groups is 1. The maximum Gasteiger partial charge on any atom is 0.115 e. The molecule has 1 fully saturated rings. The molecular formula is C20H33NOS. The van der Waals surface area contributed by atoms with Gasteiger partial charge in [0, 0.05) is 5.25 Å². The standard InChI is InChI=1S/C20H33NOS/c21-15-14-16-4-1-6-17(18-10-12-19(22)13-11-18)7-3-9-20(23)8-2-5-16/h10-13,16-17,20,22-23H,1-9,14-15,21H2/t16?,17?,20-/m1/s1. The van der Waals surface area contributed by atoms with Crippen LogP contribution in [0.5, 0.6) is 5.75 Å². The molecule has 1 aliphatic carbocycles. The molecule has 1 saturated carbocycles. The average molecular weight is 336 g/mol. The molecule has 0 bridgehead atoms. The Kier molecular flexibility index (Phi) is 8.32. The van der Waals surface area contributed by atoms with E-state index >= 15 is 0 Å². The Morgan fingerprint density at radius 3 is 2.09 bits per heavy atom.